The summed E-state index contributed by atoms with van der Waals surface area (Å²) in [4.78, 5) is 37.0. The molecule has 2 fully saturated rings. The van der Waals surface area contributed by atoms with Crippen LogP contribution >= 0.6 is 0 Å². The third-order valence-corrected chi connectivity index (χ3v) is 3.98. The van der Waals surface area contributed by atoms with Crippen molar-refractivity contribution < 1.29 is 24.2 Å². The van der Waals surface area contributed by atoms with Crippen LogP contribution in [0.15, 0.2) is 0 Å². The molecule has 7 heteroatoms. The number of nitrogens with zero attached hydrogens (tertiary/aromatic N) is 1. The summed E-state index contributed by atoms with van der Waals surface area (Å²) in [5.74, 6) is -1.48. The third-order valence-electron chi connectivity index (χ3n) is 3.98. The zero-order valence-corrected chi connectivity index (χ0v) is 12.2. The van der Waals surface area contributed by atoms with Crippen molar-refractivity contribution in [3.05, 3.63) is 0 Å². The minimum absolute atomic E-state index is 0.0709. The maximum atomic E-state index is 12.2. The number of ether oxygens (including phenoxy) is 1. The molecule has 0 aromatic heterocycles. The second-order valence-electron chi connectivity index (χ2n) is 5.75. The molecule has 2 amide bonds. The molecule has 0 aromatic rings. The van der Waals surface area contributed by atoms with Crippen LogP contribution in [0.25, 0.3) is 0 Å². The van der Waals surface area contributed by atoms with Crippen molar-refractivity contribution in [2.24, 2.45) is 11.8 Å². The van der Waals surface area contributed by atoms with E-state index in [1.807, 2.05) is 0 Å². The van der Waals surface area contributed by atoms with Crippen LogP contribution in [0.2, 0.25) is 0 Å². The van der Waals surface area contributed by atoms with Gasteiger partial charge in [-0.1, -0.05) is 0 Å². The molecular weight excluding hydrogens is 276 g/mol. The van der Waals surface area contributed by atoms with E-state index in [4.69, 9.17) is 9.84 Å². The molecule has 1 saturated carbocycles. The Labute approximate surface area is 123 Å². The highest BCUT2D eigenvalue weighted by molar-refractivity contribution is 5.86. The van der Waals surface area contributed by atoms with Crippen LogP contribution < -0.4 is 5.32 Å². The van der Waals surface area contributed by atoms with E-state index in [1.54, 1.807) is 4.90 Å². The van der Waals surface area contributed by atoms with Crippen LogP contribution in [0.5, 0.6) is 0 Å². The number of amides is 2. The summed E-state index contributed by atoms with van der Waals surface area (Å²) in [7, 11) is 1.39. The van der Waals surface area contributed by atoms with Gasteiger partial charge in [0.05, 0.1) is 12.5 Å². The van der Waals surface area contributed by atoms with Gasteiger partial charge in [0.1, 0.15) is 0 Å². The van der Waals surface area contributed by atoms with Gasteiger partial charge in [0.15, 0.2) is 6.04 Å². The largest absolute Gasteiger partial charge is 0.480 e. The topological polar surface area (TPSA) is 95.9 Å². The van der Waals surface area contributed by atoms with Crippen molar-refractivity contribution in [2.75, 3.05) is 26.8 Å². The predicted molar refractivity (Wildman–Crippen MR) is 73.5 cm³/mol. The molecule has 21 heavy (non-hydrogen) atoms. The normalized spacial score (nSPS) is 23.5. The first-order valence-corrected chi connectivity index (χ1v) is 7.33. The Morgan fingerprint density at radius 3 is 2.57 bits per heavy atom. The number of rotatable bonds is 6. The molecule has 0 bridgehead atoms. The smallest absolute Gasteiger partial charge is 0.328 e. The quantitative estimate of drug-likeness (QED) is 0.711. The van der Waals surface area contributed by atoms with Crippen LogP contribution in [-0.2, 0) is 19.1 Å². The first kappa shape index (κ1) is 15.8. The minimum Gasteiger partial charge on any atom is -0.480 e. The SMILES string of the molecule is COCC(NC(=O)C1CCCN(C(=O)C2CC2)C1)C(=O)O. The molecule has 1 aliphatic heterocycles. The lowest BCUT2D eigenvalue weighted by molar-refractivity contribution is -0.145. The Kier molecular flexibility index (Phi) is 5.17. The number of hydrogen-bond donors (Lipinski definition) is 2. The Hall–Kier alpha value is -1.63. The summed E-state index contributed by atoms with van der Waals surface area (Å²) in [6, 6.07) is -1.04. The number of methoxy groups -OCH3 is 1. The van der Waals surface area contributed by atoms with Crippen molar-refractivity contribution in [1.29, 1.82) is 0 Å². The average molecular weight is 298 g/mol. The summed E-state index contributed by atoms with van der Waals surface area (Å²) >= 11 is 0. The van der Waals surface area contributed by atoms with E-state index in [0.717, 1.165) is 19.3 Å². The van der Waals surface area contributed by atoms with Crippen LogP contribution in [-0.4, -0.2) is 60.6 Å². The molecule has 1 saturated heterocycles. The molecule has 2 atom stereocenters. The second kappa shape index (κ2) is 6.89. The molecular formula is C14H22N2O5. The lowest BCUT2D eigenvalue weighted by Gasteiger charge is -2.32. The summed E-state index contributed by atoms with van der Waals surface area (Å²) in [6.07, 6.45) is 3.35. The summed E-state index contributed by atoms with van der Waals surface area (Å²) < 4.78 is 4.79. The zero-order valence-electron chi connectivity index (χ0n) is 12.2. The molecule has 0 radical (unpaired) electrons. The van der Waals surface area contributed by atoms with Crippen LogP contribution in [0.3, 0.4) is 0 Å². The number of piperidine rings is 1. The van der Waals surface area contributed by atoms with Gasteiger partial charge < -0.3 is 20.1 Å². The molecule has 7 nitrogen and oxygen atoms in total. The predicted octanol–water partition coefficient (Wildman–Crippen LogP) is -0.149. The Bertz CT molecular complexity index is 422. The van der Waals surface area contributed by atoms with E-state index in [0.29, 0.717) is 19.5 Å². The molecule has 0 aromatic carbocycles. The fourth-order valence-electron chi connectivity index (χ4n) is 2.61. The highest BCUT2D eigenvalue weighted by Gasteiger charge is 2.37. The Morgan fingerprint density at radius 2 is 2.00 bits per heavy atom. The lowest BCUT2D eigenvalue weighted by Crippen LogP contribution is -2.50. The van der Waals surface area contributed by atoms with E-state index in [-0.39, 0.29) is 30.3 Å². The summed E-state index contributed by atoms with van der Waals surface area (Å²) in [5, 5.41) is 11.5. The van der Waals surface area contributed by atoms with Gasteiger partial charge in [-0.2, -0.15) is 0 Å². The van der Waals surface area contributed by atoms with Gasteiger partial charge in [0, 0.05) is 26.1 Å². The molecule has 2 N–H and O–H groups in total. The number of carboxylic acid groups (broad SMARTS) is 1. The molecule has 2 rings (SSSR count). The lowest BCUT2D eigenvalue weighted by atomic mass is 9.96. The van der Waals surface area contributed by atoms with E-state index in [9.17, 15) is 14.4 Å². The minimum atomic E-state index is -1.12. The summed E-state index contributed by atoms with van der Waals surface area (Å²) in [6.45, 7) is 1.01. The van der Waals surface area contributed by atoms with E-state index < -0.39 is 12.0 Å². The van der Waals surface area contributed by atoms with Gasteiger partial charge in [-0.25, -0.2) is 4.79 Å². The van der Waals surface area contributed by atoms with Crippen LogP contribution in [0, 0.1) is 11.8 Å². The number of carbonyl (C=O) groups is 3. The highest BCUT2D eigenvalue weighted by Crippen LogP contribution is 2.32. The first-order valence-electron chi connectivity index (χ1n) is 7.33. The number of carbonyl (C=O) groups excluding carboxylic acids is 2. The van der Waals surface area contributed by atoms with Crippen molar-refractivity contribution in [1.82, 2.24) is 10.2 Å². The van der Waals surface area contributed by atoms with Crippen LogP contribution in [0.4, 0.5) is 0 Å². The van der Waals surface area contributed by atoms with Crippen molar-refractivity contribution in [2.45, 2.75) is 31.7 Å². The third kappa shape index (κ3) is 4.17. The molecule has 0 spiro atoms. The second-order valence-corrected chi connectivity index (χ2v) is 5.75. The molecule has 2 aliphatic rings. The van der Waals surface area contributed by atoms with Gasteiger partial charge in [-0.3, -0.25) is 9.59 Å². The van der Waals surface area contributed by atoms with Gasteiger partial charge in [0.2, 0.25) is 11.8 Å². The fraction of sp³-hybridized carbons (Fsp3) is 0.786. The van der Waals surface area contributed by atoms with Crippen molar-refractivity contribution in [3.63, 3.8) is 0 Å². The van der Waals surface area contributed by atoms with Crippen molar-refractivity contribution >= 4 is 17.8 Å². The molecule has 1 aliphatic carbocycles. The van der Waals surface area contributed by atoms with Gasteiger partial charge in [-0.05, 0) is 25.7 Å². The Balaban J connectivity index is 1.88. The summed E-state index contributed by atoms with van der Waals surface area (Å²) in [5.41, 5.74) is 0. The highest BCUT2D eigenvalue weighted by atomic mass is 16.5. The number of carboxylic acids is 1. The average Bonchev–Trinajstić information content (AvgIpc) is 3.30. The van der Waals surface area contributed by atoms with Crippen LogP contribution in [0.1, 0.15) is 25.7 Å². The van der Waals surface area contributed by atoms with Gasteiger partial charge in [0.25, 0.3) is 0 Å². The van der Waals surface area contributed by atoms with Crippen molar-refractivity contribution in [3.8, 4) is 0 Å². The number of likely N-dealkylation sites (tertiary alicyclic amines) is 1. The first-order chi connectivity index (χ1) is 10.0. The van der Waals surface area contributed by atoms with E-state index in [1.165, 1.54) is 7.11 Å². The Morgan fingerprint density at radius 1 is 1.29 bits per heavy atom. The number of nitrogens with one attached hydrogen (secondary N) is 1. The zero-order chi connectivity index (χ0) is 15.4. The van der Waals surface area contributed by atoms with E-state index in [2.05, 4.69) is 5.32 Å². The molecule has 1 heterocycles. The number of aliphatic carboxylic acids is 1. The maximum Gasteiger partial charge on any atom is 0.328 e. The molecule has 118 valence electrons. The fourth-order valence-corrected chi connectivity index (χ4v) is 2.61. The van der Waals surface area contributed by atoms with Gasteiger partial charge in [-0.15, -0.1) is 0 Å². The standard InChI is InChI=1S/C14H22N2O5/c1-21-8-11(14(19)20)15-12(17)10-3-2-6-16(7-10)13(18)9-4-5-9/h9-11H,2-8H2,1H3,(H,15,17)(H,19,20). The van der Waals surface area contributed by atoms with E-state index >= 15 is 0 Å². The molecule has 2 unspecified atom stereocenters. The maximum absolute atomic E-state index is 12.2. The van der Waals surface area contributed by atoms with Gasteiger partial charge >= 0.3 is 5.97 Å². The number of hydrogen-bond acceptors (Lipinski definition) is 4. The monoisotopic (exact) mass is 298 g/mol.